The van der Waals surface area contributed by atoms with Crippen molar-refractivity contribution in [1.29, 1.82) is 0 Å². The fourth-order valence-electron chi connectivity index (χ4n) is 2.26. The number of hydrogen-bond acceptors (Lipinski definition) is 4. The molecule has 0 spiro atoms. The second-order valence-corrected chi connectivity index (χ2v) is 5.24. The van der Waals surface area contributed by atoms with Gasteiger partial charge in [-0.2, -0.15) is 0 Å². The van der Waals surface area contributed by atoms with Crippen molar-refractivity contribution in [1.82, 2.24) is 5.32 Å². The Balaban J connectivity index is 0.00000220. The Bertz CT molecular complexity index is 456. The summed E-state index contributed by atoms with van der Waals surface area (Å²) < 4.78 is 10.6. The van der Waals surface area contributed by atoms with Crippen LogP contribution < -0.4 is 11.1 Å². The van der Waals surface area contributed by atoms with Gasteiger partial charge in [0.2, 0.25) is 5.91 Å². The number of nitrogens with one attached hydrogen (secondary N) is 1. The SMILES string of the molecule is COCC(N)C(=O)NC1CCOC1c1ccc(Cl)cc1.Cl. The fraction of sp³-hybridized carbons (Fsp3) is 0.500. The van der Waals surface area contributed by atoms with Gasteiger partial charge in [-0.05, 0) is 24.1 Å². The molecule has 21 heavy (non-hydrogen) atoms. The minimum atomic E-state index is -0.661. The molecule has 1 amide bonds. The lowest BCUT2D eigenvalue weighted by molar-refractivity contribution is -0.124. The van der Waals surface area contributed by atoms with Crippen LogP contribution in [0.3, 0.4) is 0 Å². The van der Waals surface area contributed by atoms with Crippen molar-refractivity contribution in [2.75, 3.05) is 20.3 Å². The highest BCUT2D eigenvalue weighted by molar-refractivity contribution is 6.30. The molecule has 1 aliphatic rings. The molecule has 0 radical (unpaired) electrons. The number of hydrogen-bond donors (Lipinski definition) is 2. The smallest absolute Gasteiger partial charge is 0.239 e. The van der Waals surface area contributed by atoms with Crippen LogP contribution in [0.5, 0.6) is 0 Å². The summed E-state index contributed by atoms with van der Waals surface area (Å²) in [4.78, 5) is 11.9. The van der Waals surface area contributed by atoms with Crippen LogP contribution in [0.25, 0.3) is 0 Å². The molecule has 1 fully saturated rings. The monoisotopic (exact) mass is 334 g/mol. The second kappa shape index (κ2) is 8.56. The number of methoxy groups -OCH3 is 1. The molecule has 0 saturated carbocycles. The van der Waals surface area contributed by atoms with E-state index in [0.29, 0.717) is 11.6 Å². The molecule has 5 nitrogen and oxygen atoms in total. The molecule has 1 aromatic carbocycles. The van der Waals surface area contributed by atoms with Crippen LogP contribution in [0.1, 0.15) is 18.1 Å². The van der Waals surface area contributed by atoms with Gasteiger partial charge in [-0.1, -0.05) is 23.7 Å². The van der Waals surface area contributed by atoms with Gasteiger partial charge in [0.1, 0.15) is 12.1 Å². The largest absolute Gasteiger partial charge is 0.383 e. The molecule has 118 valence electrons. The molecule has 0 bridgehead atoms. The lowest BCUT2D eigenvalue weighted by Crippen LogP contribution is -2.48. The Morgan fingerprint density at radius 2 is 2.19 bits per heavy atom. The van der Waals surface area contributed by atoms with E-state index in [4.69, 9.17) is 26.8 Å². The number of ether oxygens (including phenoxy) is 2. The summed E-state index contributed by atoms with van der Waals surface area (Å²) in [5.41, 5.74) is 6.71. The highest BCUT2D eigenvalue weighted by atomic mass is 35.5. The Kier molecular flexibility index (Phi) is 7.42. The maximum absolute atomic E-state index is 11.9. The molecular weight excluding hydrogens is 315 g/mol. The number of amides is 1. The second-order valence-electron chi connectivity index (χ2n) is 4.81. The predicted molar refractivity (Wildman–Crippen MR) is 83.8 cm³/mol. The predicted octanol–water partition coefficient (Wildman–Crippen LogP) is 1.68. The summed E-state index contributed by atoms with van der Waals surface area (Å²) in [7, 11) is 1.52. The van der Waals surface area contributed by atoms with Crippen molar-refractivity contribution < 1.29 is 14.3 Å². The van der Waals surface area contributed by atoms with E-state index in [1.54, 1.807) is 0 Å². The quantitative estimate of drug-likeness (QED) is 0.859. The van der Waals surface area contributed by atoms with Crippen molar-refractivity contribution in [3.63, 3.8) is 0 Å². The number of carbonyl (C=O) groups excluding carboxylic acids is 1. The summed E-state index contributed by atoms with van der Waals surface area (Å²) in [6, 6.07) is 6.71. The molecule has 1 saturated heterocycles. The van der Waals surface area contributed by atoms with Gasteiger partial charge in [-0.3, -0.25) is 4.79 Å². The van der Waals surface area contributed by atoms with Gasteiger partial charge in [-0.15, -0.1) is 12.4 Å². The number of halogens is 2. The average Bonchev–Trinajstić information content (AvgIpc) is 2.88. The van der Waals surface area contributed by atoms with Crippen molar-refractivity contribution >= 4 is 29.9 Å². The van der Waals surface area contributed by atoms with Crippen LogP contribution in [0.15, 0.2) is 24.3 Å². The molecule has 3 unspecified atom stereocenters. The average molecular weight is 335 g/mol. The van der Waals surface area contributed by atoms with Gasteiger partial charge in [0.05, 0.1) is 12.6 Å². The third kappa shape index (κ3) is 4.83. The molecule has 1 aromatic rings. The fourth-order valence-corrected chi connectivity index (χ4v) is 2.39. The zero-order valence-electron chi connectivity index (χ0n) is 11.8. The van der Waals surface area contributed by atoms with Crippen LogP contribution in [-0.4, -0.2) is 38.3 Å². The zero-order chi connectivity index (χ0) is 14.5. The summed E-state index contributed by atoms with van der Waals surface area (Å²) in [6.07, 6.45) is 0.601. The lowest BCUT2D eigenvalue weighted by Gasteiger charge is -2.22. The van der Waals surface area contributed by atoms with Crippen LogP contribution in [0.2, 0.25) is 5.02 Å². The molecule has 1 heterocycles. The van der Waals surface area contributed by atoms with E-state index < -0.39 is 6.04 Å². The van der Waals surface area contributed by atoms with E-state index in [1.807, 2.05) is 24.3 Å². The lowest BCUT2D eigenvalue weighted by atomic mass is 10.0. The molecule has 2 rings (SSSR count). The number of rotatable bonds is 5. The zero-order valence-corrected chi connectivity index (χ0v) is 13.3. The van der Waals surface area contributed by atoms with E-state index in [1.165, 1.54) is 7.11 Å². The summed E-state index contributed by atoms with van der Waals surface area (Å²) in [5.74, 6) is -0.221. The van der Waals surface area contributed by atoms with E-state index in [-0.39, 0.29) is 37.1 Å². The van der Waals surface area contributed by atoms with Crippen molar-refractivity contribution in [2.24, 2.45) is 5.73 Å². The summed E-state index contributed by atoms with van der Waals surface area (Å²) >= 11 is 5.87. The van der Waals surface area contributed by atoms with Crippen molar-refractivity contribution in [3.05, 3.63) is 34.9 Å². The van der Waals surface area contributed by atoms with Gasteiger partial charge in [0.15, 0.2) is 0 Å². The third-order valence-electron chi connectivity index (χ3n) is 3.30. The number of nitrogens with two attached hydrogens (primary N) is 1. The minimum absolute atomic E-state index is 0. The summed E-state index contributed by atoms with van der Waals surface area (Å²) in [5, 5.41) is 3.60. The van der Waals surface area contributed by atoms with Gasteiger partial charge >= 0.3 is 0 Å². The molecule has 3 N–H and O–H groups in total. The maximum atomic E-state index is 11.9. The van der Waals surface area contributed by atoms with E-state index in [9.17, 15) is 4.79 Å². The van der Waals surface area contributed by atoms with Crippen LogP contribution in [0, 0.1) is 0 Å². The van der Waals surface area contributed by atoms with Gasteiger partial charge in [0.25, 0.3) is 0 Å². The van der Waals surface area contributed by atoms with Crippen molar-refractivity contribution in [2.45, 2.75) is 24.6 Å². The molecule has 0 aromatic heterocycles. The highest BCUT2D eigenvalue weighted by Crippen LogP contribution is 2.29. The third-order valence-corrected chi connectivity index (χ3v) is 3.55. The number of benzene rings is 1. The Hall–Kier alpha value is -0.850. The van der Waals surface area contributed by atoms with Crippen LogP contribution in [-0.2, 0) is 14.3 Å². The standard InChI is InChI=1S/C14H19ClN2O3.ClH/c1-19-8-11(16)14(18)17-12-6-7-20-13(12)9-2-4-10(15)5-3-9;/h2-5,11-13H,6-8,16H2,1H3,(H,17,18);1H. The van der Waals surface area contributed by atoms with E-state index in [0.717, 1.165) is 12.0 Å². The van der Waals surface area contributed by atoms with E-state index in [2.05, 4.69) is 5.32 Å². The maximum Gasteiger partial charge on any atom is 0.239 e. The Morgan fingerprint density at radius 3 is 2.81 bits per heavy atom. The molecular formula is C14H20Cl2N2O3. The van der Waals surface area contributed by atoms with Crippen LogP contribution >= 0.6 is 24.0 Å². The van der Waals surface area contributed by atoms with E-state index >= 15 is 0 Å². The van der Waals surface area contributed by atoms with Gasteiger partial charge in [0, 0.05) is 18.7 Å². The molecule has 7 heteroatoms. The van der Waals surface area contributed by atoms with Crippen molar-refractivity contribution in [3.8, 4) is 0 Å². The Morgan fingerprint density at radius 1 is 1.52 bits per heavy atom. The highest BCUT2D eigenvalue weighted by Gasteiger charge is 2.31. The first-order valence-corrected chi connectivity index (χ1v) is 6.91. The van der Waals surface area contributed by atoms with Gasteiger partial charge < -0.3 is 20.5 Å². The Labute approximate surface area is 135 Å². The molecule has 1 aliphatic heterocycles. The summed E-state index contributed by atoms with van der Waals surface area (Å²) in [6.45, 7) is 0.808. The minimum Gasteiger partial charge on any atom is -0.383 e. The first kappa shape index (κ1) is 18.2. The van der Waals surface area contributed by atoms with Crippen LogP contribution in [0.4, 0.5) is 0 Å². The van der Waals surface area contributed by atoms with Gasteiger partial charge in [-0.25, -0.2) is 0 Å². The number of carbonyl (C=O) groups is 1. The first-order chi connectivity index (χ1) is 9.61. The topological polar surface area (TPSA) is 73.6 Å². The molecule has 0 aliphatic carbocycles. The first-order valence-electron chi connectivity index (χ1n) is 6.53. The normalized spacial score (nSPS) is 22.4. The molecule has 3 atom stereocenters.